The molecule has 2 aliphatic rings. The number of esters is 4. The number of thiophene rings is 2. The quantitative estimate of drug-likeness (QED) is 0.0376. The zero-order chi connectivity index (χ0) is 56.8. The van der Waals surface area contributed by atoms with Gasteiger partial charge in [-0.25, -0.2) is 39.1 Å². The minimum atomic E-state index is -2.83. The molecule has 0 N–H and O–H groups in total. The van der Waals surface area contributed by atoms with Crippen LogP contribution in [0.1, 0.15) is 33.4 Å². The number of thiazole rings is 2. The van der Waals surface area contributed by atoms with Crippen molar-refractivity contribution in [2.24, 2.45) is 9.98 Å². The highest BCUT2D eigenvalue weighted by Crippen LogP contribution is 2.58. The molecule has 82 heavy (non-hydrogen) atoms. The summed E-state index contributed by atoms with van der Waals surface area (Å²) in [6.45, 7) is -1.30. The number of carbonyl (C=O) groups is 4. The molecule has 0 atom stereocenters. The van der Waals surface area contributed by atoms with Crippen molar-refractivity contribution in [1.82, 2.24) is 9.97 Å². The molecule has 0 aliphatic carbocycles. The molecule has 5 aromatic carbocycles. The van der Waals surface area contributed by atoms with Crippen LogP contribution in [0.3, 0.4) is 0 Å². The number of benzene rings is 5. The van der Waals surface area contributed by atoms with Gasteiger partial charge in [-0.05, 0) is 58.7 Å². The van der Waals surface area contributed by atoms with E-state index in [0.29, 0.717) is 42.0 Å². The predicted molar refractivity (Wildman–Crippen MR) is 301 cm³/mol. The van der Waals surface area contributed by atoms with E-state index < -0.39 is 35.1 Å². The van der Waals surface area contributed by atoms with Crippen LogP contribution in [0.25, 0.3) is 40.7 Å². The van der Waals surface area contributed by atoms with Gasteiger partial charge in [-0.1, -0.05) is 121 Å². The number of nitrogens with zero attached hydrogens (tertiary/aromatic N) is 8. The fourth-order valence-electron chi connectivity index (χ4n) is 8.71. The lowest BCUT2D eigenvalue weighted by Crippen LogP contribution is -2.54. The molecule has 0 radical (unpaired) electrons. The molecule has 398 valence electrons. The fourth-order valence-corrected chi connectivity index (χ4v) is 12.6. The molecule has 4 aromatic heterocycles. The lowest BCUT2D eigenvalue weighted by molar-refractivity contribution is -0.185. The maximum Gasteiger partial charge on any atom is 0.367 e. The van der Waals surface area contributed by atoms with E-state index in [-0.39, 0.29) is 91.6 Å². The Hall–Kier alpha value is -10.5. The third-order valence-corrected chi connectivity index (χ3v) is 17.0. The van der Waals surface area contributed by atoms with Crippen molar-refractivity contribution in [3.63, 3.8) is 0 Å². The van der Waals surface area contributed by atoms with Crippen LogP contribution in [0.15, 0.2) is 168 Å². The first-order valence-corrected chi connectivity index (χ1v) is 27.7. The summed E-state index contributed by atoms with van der Waals surface area (Å²) in [5.41, 5.74) is -4.32. The molecular weight excluding hydrogens is 1120 g/mol. The van der Waals surface area contributed by atoms with E-state index in [9.17, 15) is 21.0 Å². The molecule has 0 unspecified atom stereocenters. The molecule has 18 nitrogen and oxygen atoms in total. The van der Waals surface area contributed by atoms with Gasteiger partial charge in [-0.3, -0.25) is 0 Å². The van der Waals surface area contributed by atoms with Crippen LogP contribution >= 0.6 is 45.3 Å². The van der Waals surface area contributed by atoms with E-state index in [4.69, 9.17) is 38.4 Å². The van der Waals surface area contributed by atoms with Gasteiger partial charge in [0, 0.05) is 22.3 Å². The summed E-state index contributed by atoms with van der Waals surface area (Å²) in [5.74, 6) is -5.34. The number of carbonyl (C=O) groups excluding carboxylic acids is 4. The molecule has 2 aliphatic heterocycles. The normalized spacial score (nSPS) is 12.6. The van der Waals surface area contributed by atoms with Crippen LogP contribution in [-0.2, 0) is 75.8 Å². The van der Waals surface area contributed by atoms with Gasteiger partial charge < -0.3 is 28.4 Å². The van der Waals surface area contributed by atoms with Crippen molar-refractivity contribution < 1.29 is 47.6 Å². The summed E-state index contributed by atoms with van der Waals surface area (Å²) >= 11 is 4.29. The Bertz CT molecular complexity index is 3810. The molecule has 11 rings (SSSR count). The largest absolute Gasteiger partial charge is 0.457 e. The Balaban J connectivity index is 1.17. The van der Waals surface area contributed by atoms with Crippen molar-refractivity contribution in [1.29, 1.82) is 21.0 Å². The van der Waals surface area contributed by atoms with Crippen LogP contribution in [0.5, 0.6) is 11.8 Å². The summed E-state index contributed by atoms with van der Waals surface area (Å²) in [7, 11) is 0. The number of fused-ring (bicyclic) bond motifs is 6. The monoisotopic (exact) mass is 1150 g/mol. The second-order valence-electron chi connectivity index (χ2n) is 17.7. The van der Waals surface area contributed by atoms with Gasteiger partial charge in [0.1, 0.15) is 70.7 Å². The average Bonchev–Trinajstić information content (AvgIpc) is 1.42. The number of ether oxygens (including phenoxy) is 6. The first kappa shape index (κ1) is 53.5. The molecule has 22 heteroatoms. The van der Waals surface area contributed by atoms with Gasteiger partial charge in [-0.2, -0.15) is 21.0 Å². The highest BCUT2D eigenvalue weighted by atomic mass is 32.1. The van der Waals surface area contributed by atoms with Gasteiger partial charge in [0.05, 0.1) is 19.5 Å². The predicted octanol–water partition coefficient (Wildman–Crippen LogP) is 11.8. The SMILES string of the molecule is N#CC(C#N)=Nc1ccc(-c2nc3c(s2)-c2cc4c(cc2C(C(=O)OCc2ccccc2)(C(=O)OCc2ccccc2)O3)-c2sc(-c3ccc(N=C(C#N)C#N)s3)nc2OC4(C(=O)OCc2ccccc2)C(=O)OCc2ccccc2)s1. The maximum atomic E-state index is 15.5. The third-order valence-electron chi connectivity index (χ3n) is 12.6. The highest BCUT2D eigenvalue weighted by Gasteiger charge is 2.62. The lowest BCUT2D eigenvalue weighted by Gasteiger charge is -2.38. The Kier molecular flexibility index (Phi) is 15.1. The molecule has 6 heterocycles. The first-order valence-electron chi connectivity index (χ1n) is 24.5. The number of aliphatic imine (C=N–C) groups is 2. The highest BCUT2D eigenvalue weighted by molar-refractivity contribution is 7.26. The first-order chi connectivity index (χ1) is 40.0. The van der Waals surface area contributed by atoms with Gasteiger partial charge in [0.15, 0.2) is 0 Å². The van der Waals surface area contributed by atoms with Gasteiger partial charge in [0.25, 0.3) is 0 Å². The van der Waals surface area contributed by atoms with Crippen LogP contribution in [0.2, 0.25) is 0 Å². The lowest BCUT2D eigenvalue weighted by atomic mass is 9.79. The topological polar surface area (TPSA) is 269 Å². The average molecular weight is 1160 g/mol. The standard InChI is InChI=1S/C60H34N8O10S4/c61-27-39(28-62)65-47-23-21-45(79-47)53-67-51-49(81-53)41-26-44-42(25-43(41)59(77-51,55(69)73-31-35-13-5-1-6-14-35)56(70)74-32-36-15-7-2-8-16-36)50-52(68-54(82-50)46-22-24-48(80-46)66-40(29-63)30-64)78-60(44,57(71)75-33-37-17-9-3-10-18-37)58(72)76-34-38-19-11-4-12-20-38/h1-26H,31-34H2. The van der Waals surface area contributed by atoms with Crippen LogP contribution < -0.4 is 9.47 Å². The van der Waals surface area contributed by atoms with Crippen LogP contribution in [0, 0.1) is 45.3 Å². The minimum Gasteiger partial charge on any atom is -0.457 e. The Labute approximate surface area is 481 Å². The van der Waals surface area contributed by atoms with E-state index in [1.54, 1.807) is 170 Å². The zero-order valence-electron chi connectivity index (χ0n) is 42.1. The van der Waals surface area contributed by atoms with Gasteiger partial charge >= 0.3 is 35.1 Å². The molecule has 0 amide bonds. The van der Waals surface area contributed by atoms with Crippen molar-refractivity contribution in [2.45, 2.75) is 37.6 Å². The molecule has 0 spiro atoms. The van der Waals surface area contributed by atoms with E-state index in [1.165, 1.54) is 12.1 Å². The molecule has 0 bridgehead atoms. The second kappa shape index (κ2) is 23.1. The summed E-state index contributed by atoms with van der Waals surface area (Å²) in [4.78, 5) is 81.4. The van der Waals surface area contributed by atoms with Crippen molar-refractivity contribution in [3.8, 4) is 76.7 Å². The molecule has 0 fully saturated rings. The molecule has 9 aromatic rings. The number of nitriles is 4. The zero-order valence-corrected chi connectivity index (χ0v) is 45.4. The van der Waals surface area contributed by atoms with E-state index in [2.05, 4.69) is 9.98 Å². The van der Waals surface area contributed by atoms with Crippen molar-refractivity contribution in [2.75, 3.05) is 0 Å². The smallest absolute Gasteiger partial charge is 0.367 e. The molecule has 0 saturated heterocycles. The third kappa shape index (κ3) is 10.4. The molecular formula is C60H34N8O10S4. The van der Waals surface area contributed by atoms with E-state index in [0.717, 1.165) is 45.3 Å². The Morgan fingerprint density at radius 2 is 0.744 bits per heavy atom. The summed E-state index contributed by atoms with van der Waals surface area (Å²) in [6.07, 6.45) is 0. The summed E-state index contributed by atoms with van der Waals surface area (Å²) < 4.78 is 37.8. The number of hydrogen-bond donors (Lipinski definition) is 0. The second-order valence-corrected chi connectivity index (χ2v) is 21.8. The number of rotatable bonds is 16. The summed E-state index contributed by atoms with van der Waals surface area (Å²) in [6, 6.07) is 51.4. The maximum absolute atomic E-state index is 15.5. The van der Waals surface area contributed by atoms with Crippen LogP contribution in [0.4, 0.5) is 10.0 Å². The van der Waals surface area contributed by atoms with Crippen molar-refractivity contribution >= 4 is 90.6 Å². The van der Waals surface area contributed by atoms with Gasteiger partial charge in [0.2, 0.25) is 23.2 Å². The summed E-state index contributed by atoms with van der Waals surface area (Å²) in [5, 5.41) is 39.0. The van der Waals surface area contributed by atoms with E-state index >= 15 is 19.2 Å². The van der Waals surface area contributed by atoms with Crippen molar-refractivity contribution in [3.05, 3.63) is 191 Å². The van der Waals surface area contributed by atoms with E-state index in [1.807, 2.05) is 0 Å². The molecule has 0 saturated carbocycles. The Morgan fingerprint density at radius 3 is 1.04 bits per heavy atom. The fraction of sp³-hybridized carbons (Fsp3) is 0.100. The minimum absolute atomic E-state index is 0.0579. The number of aromatic nitrogens is 2. The number of hydrogen-bond acceptors (Lipinski definition) is 22. The Morgan fingerprint density at radius 1 is 0.439 bits per heavy atom. The van der Waals surface area contributed by atoms with Gasteiger partial charge in [-0.15, -0.1) is 45.3 Å². The van der Waals surface area contributed by atoms with Crippen LogP contribution in [-0.4, -0.2) is 45.3 Å².